The zero-order valence-corrected chi connectivity index (χ0v) is 18.8. The van der Waals surface area contributed by atoms with Gasteiger partial charge in [0.15, 0.2) is 0 Å². The average Bonchev–Trinajstić information content (AvgIpc) is 2.79. The number of hydrogen-bond acceptors (Lipinski definition) is 4. The van der Waals surface area contributed by atoms with Crippen LogP contribution in [0.2, 0.25) is 0 Å². The van der Waals surface area contributed by atoms with E-state index in [-0.39, 0.29) is 5.91 Å². The SMILES string of the molecule is CC1=C(c2ccc(C)c(C)c2)S(=O)(=O)N=C1N1CCCN(C(=O)CC(C)C)CC1. The number of carbonyl (C=O) groups is 1. The molecule has 0 atom stereocenters. The fourth-order valence-corrected chi connectivity index (χ4v) is 5.40. The first-order valence-corrected chi connectivity index (χ1v) is 11.7. The zero-order valence-electron chi connectivity index (χ0n) is 18.0. The molecule has 7 heteroatoms. The van der Waals surface area contributed by atoms with Gasteiger partial charge < -0.3 is 9.80 Å². The number of nitrogens with zero attached hydrogens (tertiary/aromatic N) is 3. The highest BCUT2D eigenvalue weighted by Gasteiger charge is 2.34. The average molecular weight is 418 g/mol. The Morgan fingerprint density at radius 1 is 1.07 bits per heavy atom. The number of sulfonamides is 1. The minimum absolute atomic E-state index is 0.172. The van der Waals surface area contributed by atoms with Crippen LogP contribution in [0.25, 0.3) is 4.91 Å². The summed E-state index contributed by atoms with van der Waals surface area (Å²) in [5, 5.41) is 0. The lowest BCUT2D eigenvalue weighted by Crippen LogP contribution is -2.37. The Bertz CT molecular complexity index is 977. The molecule has 1 fully saturated rings. The van der Waals surface area contributed by atoms with Crippen molar-refractivity contribution in [2.45, 2.75) is 47.5 Å². The van der Waals surface area contributed by atoms with Gasteiger partial charge in [0.05, 0.1) is 0 Å². The van der Waals surface area contributed by atoms with Crippen LogP contribution in [0.4, 0.5) is 0 Å². The van der Waals surface area contributed by atoms with Crippen LogP contribution in [0.15, 0.2) is 28.2 Å². The topological polar surface area (TPSA) is 70.1 Å². The summed E-state index contributed by atoms with van der Waals surface area (Å²) in [5.74, 6) is 1.03. The summed E-state index contributed by atoms with van der Waals surface area (Å²) in [6, 6.07) is 5.72. The molecule has 0 aliphatic carbocycles. The molecule has 0 N–H and O–H groups in total. The minimum atomic E-state index is -3.73. The van der Waals surface area contributed by atoms with Crippen molar-refractivity contribution in [3.05, 3.63) is 40.5 Å². The molecule has 1 aromatic rings. The van der Waals surface area contributed by atoms with Crippen LogP contribution in [-0.4, -0.2) is 56.1 Å². The summed E-state index contributed by atoms with van der Waals surface area (Å²) < 4.78 is 29.9. The van der Waals surface area contributed by atoms with E-state index in [0.29, 0.717) is 60.4 Å². The van der Waals surface area contributed by atoms with Crippen LogP contribution in [0.1, 0.15) is 50.3 Å². The third-order valence-electron chi connectivity index (χ3n) is 5.64. The number of amides is 1. The molecule has 0 saturated carbocycles. The van der Waals surface area contributed by atoms with Gasteiger partial charge in [-0.15, -0.1) is 4.40 Å². The van der Waals surface area contributed by atoms with Crippen molar-refractivity contribution in [2.24, 2.45) is 10.3 Å². The lowest BCUT2D eigenvalue weighted by atomic mass is 10.0. The van der Waals surface area contributed by atoms with Crippen molar-refractivity contribution in [3.63, 3.8) is 0 Å². The predicted molar refractivity (Wildman–Crippen MR) is 117 cm³/mol. The molecule has 0 bridgehead atoms. The second-order valence-electron chi connectivity index (χ2n) is 8.46. The van der Waals surface area contributed by atoms with Crippen LogP contribution >= 0.6 is 0 Å². The van der Waals surface area contributed by atoms with Crippen LogP contribution in [0.5, 0.6) is 0 Å². The molecule has 0 spiro atoms. The number of carbonyl (C=O) groups excluding carboxylic acids is 1. The lowest BCUT2D eigenvalue weighted by molar-refractivity contribution is -0.131. The van der Waals surface area contributed by atoms with Gasteiger partial charge in [0.1, 0.15) is 10.7 Å². The van der Waals surface area contributed by atoms with Gasteiger partial charge in [-0.25, -0.2) is 0 Å². The minimum Gasteiger partial charge on any atom is -0.354 e. The number of hydrogen-bond donors (Lipinski definition) is 0. The summed E-state index contributed by atoms with van der Waals surface area (Å²) in [6.07, 6.45) is 1.35. The van der Waals surface area contributed by atoms with E-state index >= 15 is 0 Å². The fourth-order valence-electron chi connectivity index (χ4n) is 3.92. The monoisotopic (exact) mass is 417 g/mol. The third-order valence-corrected chi connectivity index (χ3v) is 7.11. The molecule has 0 radical (unpaired) electrons. The molecule has 158 valence electrons. The molecule has 2 aliphatic rings. The van der Waals surface area contributed by atoms with Gasteiger partial charge in [0.25, 0.3) is 10.0 Å². The van der Waals surface area contributed by atoms with Crippen LogP contribution in [-0.2, 0) is 14.8 Å². The zero-order chi connectivity index (χ0) is 21.3. The van der Waals surface area contributed by atoms with Crippen LogP contribution in [0, 0.1) is 19.8 Å². The highest BCUT2D eigenvalue weighted by molar-refractivity contribution is 8.00. The Hall–Kier alpha value is -2.15. The summed E-state index contributed by atoms with van der Waals surface area (Å²) in [6.45, 7) is 12.5. The highest BCUT2D eigenvalue weighted by atomic mass is 32.2. The molecular formula is C22H31N3O3S. The second-order valence-corrected chi connectivity index (χ2v) is 10.0. The van der Waals surface area contributed by atoms with Gasteiger partial charge >= 0.3 is 0 Å². The molecule has 3 rings (SSSR count). The van der Waals surface area contributed by atoms with E-state index in [4.69, 9.17) is 0 Å². The number of amidine groups is 1. The first-order chi connectivity index (χ1) is 13.6. The van der Waals surface area contributed by atoms with E-state index in [1.807, 2.05) is 62.6 Å². The molecule has 1 saturated heterocycles. The predicted octanol–water partition coefficient (Wildman–Crippen LogP) is 3.36. The van der Waals surface area contributed by atoms with Crippen molar-refractivity contribution in [3.8, 4) is 0 Å². The highest BCUT2D eigenvalue weighted by Crippen LogP contribution is 2.34. The smallest absolute Gasteiger partial charge is 0.285 e. The van der Waals surface area contributed by atoms with Gasteiger partial charge in [-0.2, -0.15) is 8.42 Å². The van der Waals surface area contributed by atoms with E-state index in [0.717, 1.165) is 17.5 Å². The van der Waals surface area contributed by atoms with Crippen molar-refractivity contribution in [2.75, 3.05) is 26.2 Å². The second kappa shape index (κ2) is 8.30. The van der Waals surface area contributed by atoms with Crippen molar-refractivity contribution >= 4 is 26.7 Å². The number of benzene rings is 1. The van der Waals surface area contributed by atoms with Crippen molar-refractivity contribution in [1.82, 2.24) is 9.80 Å². The fraction of sp³-hybridized carbons (Fsp3) is 0.545. The quantitative estimate of drug-likeness (QED) is 0.756. The number of rotatable bonds is 3. The van der Waals surface area contributed by atoms with E-state index in [9.17, 15) is 13.2 Å². The van der Waals surface area contributed by atoms with Gasteiger partial charge in [0.2, 0.25) is 5.91 Å². The van der Waals surface area contributed by atoms with Gasteiger partial charge in [-0.05, 0) is 49.8 Å². The Morgan fingerprint density at radius 2 is 1.79 bits per heavy atom. The van der Waals surface area contributed by atoms with Crippen LogP contribution < -0.4 is 0 Å². The summed E-state index contributed by atoms with van der Waals surface area (Å²) >= 11 is 0. The maximum atomic E-state index is 12.9. The first kappa shape index (κ1) is 21.6. The molecule has 1 aromatic carbocycles. The first-order valence-electron chi connectivity index (χ1n) is 10.3. The third kappa shape index (κ3) is 4.55. The molecule has 2 aliphatic heterocycles. The normalized spacial score (nSPS) is 19.6. The molecule has 6 nitrogen and oxygen atoms in total. The lowest BCUT2D eigenvalue weighted by Gasteiger charge is -2.24. The van der Waals surface area contributed by atoms with Crippen molar-refractivity contribution in [1.29, 1.82) is 0 Å². The molecule has 0 aromatic heterocycles. The molecule has 29 heavy (non-hydrogen) atoms. The summed E-state index contributed by atoms with van der Waals surface area (Å²) in [7, 11) is -3.73. The maximum Gasteiger partial charge on any atom is 0.285 e. The standard InChI is InChI=1S/C22H31N3O3S/c1-15(2)13-20(26)24-9-6-10-25(12-11-24)22-18(5)21(29(27,28)23-22)19-8-7-16(3)17(4)14-19/h7-8,14-15H,6,9-13H2,1-5H3. The largest absolute Gasteiger partial charge is 0.354 e. The molecule has 1 amide bonds. The van der Waals surface area contributed by atoms with Gasteiger partial charge in [0, 0.05) is 38.2 Å². The summed E-state index contributed by atoms with van der Waals surface area (Å²) in [5.41, 5.74) is 3.56. The van der Waals surface area contributed by atoms with Gasteiger partial charge in [-0.3, -0.25) is 4.79 Å². The Kier molecular flexibility index (Phi) is 6.17. The van der Waals surface area contributed by atoms with E-state index < -0.39 is 10.0 Å². The Balaban J connectivity index is 1.85. The Labute approximate surface area is 174 Å². The number of aryl methyl sites for hydroxylation is 2. The van der Waals surface area contributed by atoms with Crippen LogP contribution in [0.3, 0.4) is 0 Å². The molecule has 2 heterocycles. The molecular weight excluding hydrogens is 386 g/mol. The van der Waals surface area contributed by atoms with E-state index in [1.54, 1.807) is 0 Å². The van der Waals surface area contributed by atoms with E-state index in [1.165, 1.54) is 0 Å². The Morgan fingerprint density at radius 3 is 2.45 bits per heavy atom. The molecule has 0 unspecified atom stereocenters. The summed E-state index contributed by atoms with van der Waals surface area (Å²) in [4.78, 5) is 16.6. The van der Waals surface area contributed by atoms with Gasteiger partial charge in [-0.1, -0.05) is 32.0 Å². The van der Waals surface area contributed by atoms with E-state index in [2.05, 4.69) is 4.40 Å². The van der Waals surface area contributed by atoms with Crippen molar-refractivity contribution < 1.29 is 13.2 Å². The maximum absolute atomic E-state index is 12.9.